The molecule has 236 valence electrons. The molecule has 4 aromatic carbocycles. The smallest absolute Gasteiger partial charge is 0.252 e. The molecule has 1 amide bonds. The summed E-state index contributed by atoms with van der Waals surface area (Å²) in [4.78, 5) is 22.4. The number of carbonyl (C=O) groups is 1. The molecule has 0 radical (unpaired) electrons. The van der Waals surface area contributed by atoms with E-state index in [9.17, 15) is 13.6 Å². The van der Waals surface area contributed by atoms with E-state index in [2.05, 4.69) is 31.3 Å². The third kappa shape index (κ3) is 7.54. The van der Waals surface area contributed by atoms with E-state index in [1.165, 1.54) is 0 Å². The number of benzene rings is 4. The van der Waals surface area contributed by atoms with Crippen LogP contribution in [0, 0.1) is 11.6 Å². The van der Waals surface area contributed by atoms with E-state index >= 15 is 0 Å². The van der Waals surface area contributed by atoms with Crippen molar-refractivity contribution in [2.75, 3.05) is 13.2 Å². The summed E-state index contributed by atoms with van der Waals surface area (Å²) in [5.41, 5.74) is 10.3. The number of aliphatic imine (C=N–C) groups is 1. The van der Waals surface area contributed by atoms with Crippen molar-refractivity contribution in [3.05, 3.63) is 145 Å². The molecule has 5 rings (SSSR count). The first-order chi connectivity index (χ1) is 22.3. The lowest BCUT2D eigenvalue weighted by molar-refractivity contribution is -0.129. The molecule has 2 atom stereocenters. The van der Waals surface area contributed by atoms with Gasteiger partial charge in [0.2, 0.25) is 5.90 Å². The van der Waals surface area contributed by atoms with E-state index in [1.54, 1.807) is 48.5 Å². The van der Waals surface area contributed by atoms with E-state index < -0.39 is 29.2 Å². The van der Waals surface area contributed by atoms with Gasteiger partial charge >= 0.3 is 0 Å². The standard InChI is InChI=1S/C34H30BrF2N5O4/c35-30-9-4-2-6-24(30)19-34(33(44)39-20-22-16-26(36)18-27(37)17-22)31(29-8-3-1-7-25(29)21-40-42-38)46-32(41-34)23-10-12-28(13-11-23)45-15-5-14-43/h1-4,6-13,16-18,31,43H,5,14-15,19-21H2,(H,39,44)/t31-,34-/m1/s1. The topological polar surface area (TPSA) is 129 Å². The van der Waals surface area contributed by atoms with E-state index in [4.69, 9.17) is 25.1 Å². The third-order valence-corrected chi connectivity index (χ3v) is 8.24. The monoisotopic (exact) mass is 689 g/mol. The van der Waals surface area contributed by atoms with Gasteiger partial charge in [-0.3, -0.25) is 4.79 Å². The fraction of sp³-hybridized carbons (Fsp3) is 0.235. The van der Waals surface area contributed by atoms with Gasteiger partial charge in [0, 0.05) is 47.0 Å². The molecule has 0 aliphatic carbocycles. The molecule has 4 aromatic rings. The second-order valence-electron chi connectivity index (χ2n) is 10.6. The van der Waals surface area contributed by atoms with E-state index in [0.29, 0.717) is 35.5 Å². The molecule has 0 saturated carbocycles. The number of hydrogen-bond donors (Lipinski definition) is 2. The van der Waals surface area contributed by atoms with Crippen LogP contribution >= 0.6 is 15.9 Å². The number of nitrogens with one attached hydrogen (secondary N) is 1. The number of nitrogens with zero attached hydrogens (tertiary/aromatic N) is 4. The quantitative estimate of drug-likeness (QED) is 0.0671. The van der Waals surface area contributed by atoms with Crippen molar-refractivity contribution in [2.24, 2.45) is 10.1 Å². The van der Waals surface area contributed by atoms with Crippen LogP contribution < -0.4 is 10.1 Å². The van der Waals surface area contributed by atoms with Gasteiger partial charge in [-0.25, -0.2) is 13.8 Å². The maximum atomic E-state index is 14.5. The number of ether oxygens (including phenoxy) is 2. The van der Waals surface area contributed by atoms with Crippen molar-refractivity contribution in [2.45, 2.75) is 37.6 Å². The summed E-state index contributed by atoms with van der Waals surface area (Å²) in [5.74, 6) is -1.26. The molecule has 0 spiro atoms. The number of aliphatic hydroxyl groups excluding tert-OH is 1. The largest absolute Gasteiger partial charge is 0.494 e. The van der Waals surface area contributed by atoms with Crippen molar-refractivity contribution in [3.63, 3.8) is 0 Å². The lowest BCUT2D eigenvalue weighted by atomic mass is 9.80. The molecule has 1 heterocycles. The van der Waals surface area contributed by atoms with Crippen molar-refractivity contribution in [3.8, 4) is 5.75 Å². The lowest BCUT2D eigenvalue weighted by Gasteiger charge is -2.32. The van der Waals surface area contributed by atoms with Crippen LogP contribution in [0.4, 0.5) is 8.78 Å². The Morgan fingerprint density at radius 3 is 2.43 bits per heavy atom. The minimum atomic E-state index is -1.60. The first kappa shape index (κ1) is 32.6. The van der Waals surface area contributed by atoms with Crippen molar-refractivity contribution < 1.29 is 28.2 Å². The highest BCUT2D eigenvalue weighted by Crippen LogP contribution is 2.44. The molecule has 12 heteroatoms. The summed E-state index contributed by atoms with van der Waals surface area (Å²) in [6.07, 6.45) is -0.405. The molecular formula is C34H30BrF2N5O4. The van der Waals surface area contributed by atoms with Gasteiger partial charge in [0.25, 0.3) is 5.91 Å². The maximum absolute atomic E-state index is 14.5. The Morgan fingerprint density at radius 2 is 1.74 bits per heavy atom. The molecule has 0 saturated heterocycles. The molecule has 0 fully saturated rings. The van der Waals surface area contributed by atoms with E-state index in [-0.39, 0.29) is 37.6 Å². The summed E-state index contributed by atoms with van der Waals surface area (Å²) >= 11 is 3.60. The van der Waals surface area contributed by atoms with Crippen LogP contribution in [0.1, 0.15) is 40.3 Å². The normalized spacial score (nSPS) is 17.0. The predicted octanol–water partition coefficient (Wildman–Crippen LogP) is 7.11. The molecule has 2 N–H and O–H groups in total. The molecule has 0 unspecified atom stereocenters. The Balaban J connectivity index is 1.61. The second-order valence-corrected chi connectivity index (χ2v) is 11.5. The second kappa shape index (κ2) is 15.0. The highest BCUT2D eigenvalue weighted by Gasteiger charge is 2.54. The van der Waals surface area contributed by atoms with Crippen LogP contribution in [-0.4, -0.2) is 35.7 Å². The van der Waals surface area contributed by atoms with Crippen LogP contribution in [0.5, 0.6) is 5.75 Å². The molecule has 1 aliphatic heterocycles. The molecule has 0 bridgehead atoms. The zero-order valence-corrected chi connectivity index (χ0v) is 26.2. The lowest BCUT2D eigenvalue weighted by Crippen LogP contribution is -2.50. The average Bonchev–Trinajstić information content (AvgIpc) is 3.44. The van der Waals surface area contributed by atoms with Crippen molar-refractivity contribution in [1.82, 2.24) is 5.32 Å². The number of azide groups is 1. The molecule has 9 nitrogen and oxygen atoms in total. The van der Waals surface area contributed by atoms with E-state index in [0.717, 1.165) is 28.2 Å². The molecule has 0 aromatic heterocycles. The Morgan fingerprint density at radius 1 is 1.04 bits per heavy atom. The first-order valence-electron chi connectivity index (χ1n) is 14.5. The van der Waals surface area contributed by atoms with Crippen molar-refractivity contribution in [1.29, 1.82) is 0 Å². The number of aliphatic hydroxyl groups is 1. The maximum Gasteiger partial charge on any atom is 0.252 e. The summed E-state index contributed by atoms with van der Waals surface area (Å²) in [6.45, 7) is 0.211. The highest BCUT2D eigenvalue weighted by atomic mass is 79.9. The fourth-order valence-corrected chi connectivity index (χ4v) is 5.71. The predicted molar refractivity (Wildman–Crippen MR) is 172 cm³/mol. The number of hydrogen-bond acceptors (Lipinski definition) is 6. The summed E-state index contributed by atoms with van der Waals surface area (Å²) in [7, 11) is 0. The zero-order valence-electron chi connectivity index (χ0n) is 24.6. The number of carbonyl (C=O) groups excluding carboxylic acids is 1. The van der Waals surface area contributed by atoms with Crippen LogP contribution in [0.3, 0.4) is 0 Å². The highest BCUT2D eigenvalue weighted by molar-refractivity contribution is 9.10. The van der Waals surface area contributed by atoms with Crippen LogP contribution in [-0.2, 0) is 29.0 Å². The Kier molecular flexibility index (Phi) is 10.6. The van der Waals surface area contributed by atoms with Gasteiger partial charge in [0.15, 0.2) is 11.6 Å². The van der Waals surface area contributed by atoms with Crippen LogP contribution in [0.2, 0.25) is 0 Å². The molecule has 1 aliphatic rings. The van der Waals surface area contributed by atoms with Gasteiger partial charge in [-0.2, -0.15) is 0 Å². The van der Waals surface area contributed by atoms with Gasteiger partial charge in [0.05, 0.1) is 13.2 Å². The van der Waals surface area contributed by atoms with Crippen molar-refractivity contribution >= 4 is 27.7 Å². The minimum absolute atomic E-state index is 0.0110. The number of amides is 1. The first-order valence-corrected chi connectivity index (χ1v) is 15.3. The summed E-state index contributed by atoms with van der Waals surface area (Å²) in [6, 6.07) is 24.7. The van der Waals surface area contributed by atoms with Crippen LogP contribution in [0.15, 0.2) is 106 Å². The molecule has 46 heavy (non-hydrogen) atoms. The number of rotatable bonds is 13. The Bertz CT molecular complexity index is 1760. The van der Waals surface area contributed by atoms with Gasteiger partial charge in [-0.1, -0.05) is 63.5 Å². The van der Waals surface area contributed by atoms with Gasteiger partial charge in [-0.05, 0) is 70.2 Å². The minimum Gasteiger partial charge on any atom is -0.494 e. The van der Waals surface area contributed by atoms with Gasteiger partial charge in [0.1, 0.15) is 17.4 Å². The third-order valence-electron chi connectivity index (χ3n) is 7.46. The van der Waals surface area contributed by atoms with E-state index in [1.807, 2.05) is 24.3 Å². The fourth-order valence-electron chi connectivity index (χ4n) is 5.28. The average molecular weight is 691 g/mol. The van der Waals surface area contributed by atoms with Gasteiger partial charge in [-0.15, -0.1) is 0 Å². The van der Waals surface area contributed by atoms with Gasteiger partial charge < -0.3 is 19.9 Å². The summed E-state index contributed by atoms with van der Waals surface area (Å²) < 4.78 is 41.0. The zero-order chi connectivity index (χ0) is 32.5. The number of halogens is 3. The Labute approximate surface area is 272 Å². The van der Waals surface area contributed by atoms with Crippen LogP contribution in [0.25, 0.3) is 10.4 Å². The Hall–Kier alpha value is -4.77. The SMILES string of the molecule is [N-]=[N+]=NCc1ccccc1[C@H]1OC(c2ccc(OCCCO)cc2)=N[C@@]1(Cc1ccccc1Br)C(=O)NCc1cc(F)cc(F)c1. The summed E-state index contributed by atoms with van der Waals surface area (Å²) in [5, 5.41) is 15.7. The molecular weight excluding hydrogens is 660 g/mol.